The van der Waals surface area contributed by atoms with Gasteiger partial charge in [0.15, 0.2) is 0 Å². The molecular weight excluding hydrogens is 332 g/mol. The largest absolute Gasteiger partial charge is 0.339 e. The zero-order chi connectivity index (χ0) is 15.6. The Morgan fingerprint density at radius 2 is 1.67 bits per heavy atom. The van der Waals surface area contributed by atoms with E-state index in [1.54, 1.807) is 0 Å². The van der Waals surface area contributed by atoms with Gasteiger partial charge in [0.2, 0.25) is 5.91 Å². The second kappa shape index (κ2) is 6.60. The summed E-state index contributed by atoms with van der Waals surface area (Å²) in [6.07, 6.45) is 0. The molecule has 21 heavy (non-hydrogen) atoms. The Morgan fingerprint density at radius 3 is 2.19 bits per heavy atom. The van der Waals surface area contributed by atoms with Crippen LogP contribution in [0.2, 0.25) is 0 Å². The molecule has 0 bridgehead atoms. The van der Waals surface area contributed by atoms with Gasteiger partial charge in [-0.15, -0.1) is 0 Å². The summed E-state index contributed by atoms with van der Waals surface area (Å²) in [4.78, 5) is 28.1. The van der Waals surface area contributed by atoms with Crippen LogP contribution in [0.3, 0.4) is 0 Å². The predicted molar refractivity (Wildman–Crippen MR) is 86.2 cm³/mol. The fourth-order valence-corrected chi connectivity index (χ4v) is 2.70. The highest BCUT2D eigenvalue weighted by atomic mass is 79.9. The topological polar surface area (TPSA) is 40.6 Å². The third kappa shape index (κ3) is 3.64. The van der Waals surface area contributed by atoms with Crippen LogP contribution in [0.5, 0.6) is 0 Å². The SMILES string of the molecule is Cc1cc(C(=O)N2CCN(C(=O)C(C)C)CC2)ccc1Br. The van der Waals surface area contributed by atoms with Gasteiger partial charge in [-0.3, -0.25) is 9.59 Å². The number of piperazine rings is 1. The number of hydrogen-bond acceptors (Lipinski definition) is 2. The molecule has 114 valence electrons. The third-order valence-corrected chi connectivity index (χ3v) is 4.67. The van der Waals surface area contributed by atoms with Gasteiger partial charge in [0, 0.05) is 42.1 Å². The maximum Gasteiger partial charge on any atom is 0.253 e. The summed E-state index contributed by atoms with van der Waals surface area (Å²) >= 11 is 3.44. The van der Waals surface area contributed by atoms with Crippen molar-refractivity contribution in [3.63, 3.8) is 0 Å². The summed E-state index contributed by atoms with van der Waals surface area (Å²) in [6, 6.07) is 5.64. The van der Waals surface area contributed by atoms with Gasteiger partial charge < -0.3 is 9.80 Å². The fourth-order valence-electron chi connectivity index (χ4n) is 2.46. The van der Waals surface area contributed by atoms with Crippen LogP contribution in [-0.4, -0.2) is 47.8 Å². The first-order valence-corrected chi connectivity index (χ1v) is 8.03. The average Bonchev–Trinajstić information content (AvgIpc) is 2.48. The van der Waals surface area contributed by atoms with E-state index in [4.69, 9.17) is 0 Å². The number of rotatable bonds is 2. The van der Waals surface area contributed by atoms with Crippen molar-refractivity contribution in [3.05, 3.63) is 33.8 Å². The Kier molecular flexibility index (Phi) is 5.04. The minimum absolute atomic E-state index is 0.0152. The van der Waals surface area contributed by atoms with Gasteiger partial charge in [-0.2, -0.15) is 0 Å². The highest BCUT2D eigenvalue weighted by Crippen LogP contribution is 2.19. The predicted octanol–water partition coefficient (Wildman–Crippen LogP) is 2.70. The first kappa shape index (κ1) is 16.0. The van der Waals surface area contributed by atoms with Crippen LogP contribution in [0.4, 0.5) is 0 Å². The van der Waals surface area contributed by atoms with Crippen molar-refractivity contribution in [1.82, 2.24) is 9.80 Å². The van der Waals surface area contributed by atoms with E-state index in [-0.39, 0.29) is 17.7 Å². The van der Waals surface area contributed by atoms with Crippen molar-refractivity contribution in [2.45, 2.75) is 20.8 Å². The zero-order valence-corrected chi connectivity index (χ0v) is 14.3. The molecule has 1 aromatic rings. The van der Waals surface area contributed by atoms with E-state index in [9.17, 15) is 9.59 Å². The number of nitrogens with zero attached hydrogens (tertiary/aromatic N) is 2. The molecule has 0 atom stereocenters. The molecule has 4 nitrogen and oxygen atoms in total. The summed E-state index contributed by atoms with van der Waals surface area (Å²) in [5, 5.41) is 0. The molecule has 0 aliphatic carbocycles. The van der Waals surface area contributed by atoms with E-state index in [1.807, 2.05) is 48.8 Å². The second-order valence-corrected chi connectivity index (χ2v) is 6.59. The smallest absolute Gasteiger partial charge is 0.253 e. The van der Waals surface area contributed by atoms with Crippen LogP contribution in [0.15, 0.2) is 22.7 Å². The van der Waals surface area contributed by atoms with E-state index in [0.717, 1.165) is 10.0 Å². The lowest BCUT2D eigenvalue weighted by atomic mass is 10.1. The molecule has 0 radical (unpaired) electrons. The van der Waals surface area contributed by atoms with Crippen molar-refractivity contribution in [2.24, 2.45) is 5.92 Å². The minimum atomic E-state index is 0.0152. The van der Waals surface area contributed by atoms with Crippen LogP contribution in [-0.2, 0) is 4.79 Å². The molecule has 1 aromatic carbocycles. The molecular formula is C16H21BrN2O2. The summed E-state index contributed by atoms with van der Waals surface area (Å²) in [6.45, 7) is 8.24. The Balaban J connectivity index is 2.00. The summed E-state index contributed by atoms with van der Waals surface area (Å²) in [7, 11) is 0. The lowest BCUT2D eigenvalue weighted by Gasteiger charge is -2.35. The van der Waals surface area contributed by atoms with Gasteiger partial charge in [-0.1, -0.05) is 29.8 Å². The van der Waals surface area contributed by atoms with Crippen LogP contribution in [0, 0.1) is 12.8 Å². The van der Waals surface area contributed by atoms with Crippen molar-refractivity contribution in [3.8, 4) is 0 Å². The molecule has 2 rings (SSSR count). The van der Waals surface area contributed by atoms with Gasteiger partial charge >= 0.3 is 0 Å². The van der Waals surface area contributed by atoms with Crippen LogP contribution < -0.4 is 0 Å². The van der Waals surface area contributed by atoms with E-state index in [0.29, 0.717) is 31.7 Å². The fraction of sp³-hybridized carbons (Fsp3) is 0.500. The molecule has 2 amide bonds. The average molecular weight is 353 g/mol. The van der Waals surface area contributed by atoms with E-state index in [1.165, 1.54) is 0 Å². The molecule has 0 unspecified atom stereocenters. The van der Waals surface area contributed by atoms with Gasteiger partial charge in [0.05, 0.1) is 0 Å². The normalized spacial score (nSPS) is 15.5. The molecule has 0 saturated carbocycles. The van der Waals surface area contributed by atoms with Gasteiger partial charge in [0.1, 0.15) is 0 Å². The Morgan fingerprint density at radius 1 is 1.10 bits per heavy atom. The van der Waals surface area contributed by atoms with Crippen LogP contribution in [0.1, 0.15) is 29.8 Å². The molecule has 0 aromatic heterocycles. The van der Waals surface area contributed by atoms with Gasteiger partial charge in [0.25, 0.3) is 5.91 Å². The first-order valence-electron chi connectivity index (χ1n) is 7.24. The third-order valence-electron chi connectivity index (χ3n) is 3.78. The minimum Gasteiger partial charge on any atom is -0.339 e. The van der Waals surface area contributed by atoms with Crippen LogP contribution in [0.25, 0.3) is 0 Å². The maximum atomic E-state index is 12.5. The Bertz CT molecular complexity index is 549. The zero-order valence-electron chi connectivity index (χ0n) is 12.7. The van der Waals surface area contributed by atoms with Crippen molar-refractivity contribution in [1.29, 1.82) is 0 Å². The summed E-state index contributed by atoms with van der Waals surface area (Å²) < 4.78 is 1.01. The lowest BCUT2D eigenvalue weighted by Crippen LogP contribution is -2.51. The lowest BCUT2D eigenvalue weighted by molar-refractivity contribution is -0.135. The molecule has 0 N–H and O–H groups in total. The molecule has 1 heterocycles. The van der Waals surface area contributed by atoms with Crippen molar-refractivity contribution >= 4 is 27.7 Å². The second-order valence-electron chi connectivity index (χ2n) is 5.74. The number of hydrogen-bond donors (Lipinski definition) is 0. The quantitative estimate of drug-likeness (QED) is 0.820. The van der Waals surface area contributed by atoms with E-state index < -0.39 is 0 Å². The molecule has 0 spiro atoms. The van der Waals surface area contributed by atoms with Crippen molar-refractivity contribution < 1.29 is 9.59 Å². The number of halogens is 1. The van der Waals surface area contributed by atoms with Gasteiger partial charge in [-0.05, 0) is 30.7 Å². The standard InChI is InChI=1S/C16H21BrN2O2/c1-11(2)15(20)18-6-8-19(9-7-18)16(21)13-4-5-14(17)12(3)10-13/h4-5,10-11H,6-9H2,1-3H3. The van der Waals surface area contributed by atoms with E-state index in [2.05, 4.69) is 15.9 Å². The number of carbonyl (C=O) groups excluding carboxylic acids is 2. The Labute approximate surface area is 134 Å². The molecule has 1 saturated heterocycles. The van der Waals surface area contributed by atoms with Gasteiger partial charge in [-0.25, -0.2) is 0 Å². The molecule has 1 aliphatic rings. The maximum absolute atomic E-state index is 12.5. The number of aryl methyl sites for hydroxylation is 1. The molecule has 5 heteroatoms. The van der Waals surface area contributed by atoms with Crippen molar-refractivity contribution in [2.75, 3.05) is 26.2 Å². The number of carbonyl (C=O) groups is 2. The van der Waals surface area contributed by atoms with E-state index >= 15 is 0 Å². The monoisotopic (exact) mass is 352 g/mol. The highest BCUT2D eigenvalue weighted by Gasteiger charge is 2.25. The molecule has 1 aliphatic heterocycles. The summed E-state index contributed by atoms with van der Waals surface area (Å²) in [5.74, 6) is 0.227. The van der Waals surface area contributed by atoms with Crippen LogP contribution >= 0.6 is 15.9 Å². The molecule has 1 fully saturated rings. The highest BCUT2D eigenvalue weighted by molar-refractivity contribution is 9.10. The Hall–Kier alpha value is -1.36. The number of benzene rings is 1. The first-order chi connectivity index (χ1) is 9.90. The summed E-state index contributed by atoms with van der Waals surface area (Å²) in [5.41, 5.74) is 1.76. The number of amides is 2.